The zero-order valence-electron chi connectivity index (χ0n) is 15.9. The lowest BCUT2D eigenvalue weighted by molar-refractivity contribution is -0.295. The molecule has 0 aromatic carbocycles. The second-order valence-electron chi connectivity index (χ2n) is 7.77. The maximum atomic E-state index is 12.5. The molecule has 0 spiro atoms. The molecule has 1 aromatic rings. The van der Waals surface area contributed by atoms with Gasteiger partial charge in [-0.3, -0.25) is 4.79 Å². The normalized spacial score (nSPS) is 23.6. The molecule has 0 aliphatic carbocycles. The minimum Gasteiger partial charge on any atom is -0.460 e. The summed E-state index contributed by atoms with van der Waals surface area (Å²) in [6.07, 6.45) is -0.775. The number of carbonyl (C=O) groups excluding carboxylic acids is 1. The minimum absolute atomic E-state index is 0.0217. The van der Waals surface area contributed by atoms with Crippen molar-refractivity contribution in [3.8, 4) is 0 Å². The topological polar surface area (TPSA) is 105 Å². The number of hydrogen-bond donors (Lipinski definition) is 0. The molecular formula is C16H26N2O6S2. The second-order valence-corrected chi connectivity index (χ2v) is 11.2. The Balaban J connectivity index is 2.06. The summed E-state index contributed by atoms with van der Waals surface area (Å²) < 4.78 is 41.9. The third-order valence-electron chi connectivity index (χ3n) is 3.42. The van der Waals surface area contributed by atoms with E-state index in [0.29, 0.717) is 5.01 Å². The van der Waals surface area contributed by atoms with Crippen LogP contribution in [0.15, 0.2) is 4.34 Å². The van der Waals surface area contributed by atoms with E-state index in [1.54, 1.807) is 41.5 Å². The van der Waals surface area contributed by atoms with Crippen molar-refractivity contribution in [3.05, 3.63) is 5.01 Å². The molecule has 0 amide bonds. The van der Waals surface area contributed by atoms with Gasteiger partial charge in [0.25, 0.3) is 0 Å². The molecule has 0 saturated carbocycles. The number of aryl methyl sites for hydroxylation is 1. The van der Waals surface area contributed by atoms with Gasteiger partial charge < -0.3 is 14.2 Å². The average Bonchev–Trinajstić information content (AvgIpc) is 2.80. The van der Waals surface area contributed by atoms with Gasteiger partial charge in [0.2, 0.25) is 14.2 Å². The van der Waals surface area contributed by atoms with E-state index < -0.39 is 33.4 Å². The van der Waals surface area contributed by atoms with Gasteiger partial charge in [-0.05, 0) is 41.5 Å². The van der Waals surface area contributed by atoms with Gasteiger partial charge in [-0.1, -0.05) is 11.3 Å². The van der Waals surface area contributed by atoms with Crippen molar-refractivity contribution in [2.75, 3.05) is 5.75 Å². The van der Waals surface area contributed by atoms with Gasteiger partial charge in [0.1, 0.15) is 10.6 Å². The molecule has 2 heterocycles. The molecule has 2 atom stereocenters. The summed E-state index contributed by atoms with van der Waals surface area (Å²) in [6, 6.07) is 0. The zero-order chi connectivity index (χ0) is 19.8. The third-order valence-corrected chi connectivity index (χ3v) is 6.49. The van der Waals surface area contributed by atoms with Gasteiger partial charge in [0, 0.05) is 6.42 Å². The van der Waals surface area contributed by atoms with Crippen LogP contribution < -0.4 is 0 Å². The Labute approximate surface area is 158 Å². The van der Waals surface area contributed by atoms with Crippen molar-refractivity contribution in [1.82, 2.24) is 10.2 Å². The van der Waals surface area contributed by atoms with Gasteiger partial charge in [0.15, 0.2) is 5.79 Å². The molecule has 10 heteroatoms. The SMILES string of the molecule is Cc1nnc(S(=O)(=O)C[C@H]2C[C@H](CC(=O)OC(C)(C)C)OC(C)(C)O2)s1. The van der Waals surface area contributed by atoms with Gasteiger partial charge in [0.05, 0.1) is 24.4 Å². The van der Waals surface area contributed by atoms with Crippen molar-refractivity contribution in [3.63, 3.8) is 0 Å². The van der Waals surface area contributed by atoms with E-state index in [1.165, 1.54) is 0 Å². The number of nitrogens with zero attached hydrogens (tertiary/aromatic N) is 2. The van der Waals surface area contributed by atoms with Crippen LogP contribution in [-0.2, 0) is 28.8 Å². The Bertz CT molecular complexity index is 751. The summed E-state index contributed by atoms with van der Waals surface area (Å²) in [4.78, 5) is 12.1. The van der Waals surface area contributed by atoms with E-state index in [4.69, 9.17) is 14.2 Å². The van der Waals surface area contributed by atoms with Crippen LogP contribution in [0.2, 0.25) is 0 Å². The molecule has 0 N–H and O–H groups in total. The highest BCUT2D eigenvalue weighted by atomic mass is 32.2. The number of carbonyl (C=O) groups is 1. The first kappa shape index (κ1) is 21.2. The van der Waals surface area contributed by atoms with Crippen molar-refractivity contribution < 1.29 is 27.4 Å². The van der Waals surface area contributed by atoms with Crippen molar-refractivity contribution in [2.24, 2.45) is 0 Å². The van der Waals surface area contributed by atoms with E-state index in [-0.39, 0.29) is 28.9 Å². The molecule has 2 rings (SSSR count). The number of sulfone groups is 1. The van der Waals surface area contributed by atoms with Crippen LogP contribution in [0.5, 0.6) is 0 Å². The maximum Gasteiger partial charge on any atom is 0.308 e. The van der Waals surface area contributed by atoms with Crippen LogP contribution in [-0.4, -0.2) is 53.9 Å². The summed E-state index contributed by atoms with van der Waals surface area (Å²) in [7, 11) is -3.62. The molecule has 148 valence electrons. The largest absolute Gasteiger partial charge is 0.460 e. The van der Waals surface area contributed by atoms with Crippen LogP contribution in [0.4, 0.5) is 0 Å². The molecule has 1 aliphatic heterocycles. The molecule has 26 heavy (non-hydrogen) atoms. The van der Waals surface area contributed by atoms with Crippen molar-refractivity contribution in [2.45, 2.75) is 82.3 Å². The predicted octanol–water partition coefficient (Wildman–Crippen LogP) is 2.26. The van der Waals surface area contributed by atoms with Crippen molar-refractivity contribution in [1.29, 1.82) is 0 Å². The Morgan fingerprint density at radius 1 is 1.27 bits per heavy atom. The van der Waals surface area contributed by atoms with E-state index in [1.807, 2.05) is 0 Å². The van der Waals surface area contributed by atoms with Gasteiger partial charge in [-0.15, -0.1) is 10.2 Å². The highest BCUT2D eigenvalue weighted by Gasteiger charge is 2.39. The van der Waals surface area contributed by atoms with Crippen LogP contribution in [0, 0.1) is 6.92 Å². The number of aromatic nitrogens is 2. The number of rotatable bonds is 5. The fourth-order valence-electron chi connectivity index (χ4n) is 2.74. The fraction of sp³-hybridized carbons (Fsp3) is 0.812. The molecule has 1 fully saturated rings. The molecule has 1 aromatic heterocycles. The summed E-state index contributed by atoms with van der Waals surface area (Å²) in [5, 5.41) is 8.06. The van der Waals surface area contributed by atoms with Crippen LogP contribution >= 0.6 is 11.3 Å². The van der Waals surface area contributed by atoms with Crippen LogP contribution in [0.3, 0.4) is 0 Å². The Morgan fingerprint density at radius 3 is 2.42 bits per heavy atom. The van der Waals surface area contributed by atoms with Crippen LogP contribution in [0.1, 0.15) is 52.5 Å². The first-order chi connectivity index (χ1) is 11.8. The summed E-state index contributed by atoms with van der Waals surface area (Å²) in [5.41, 5.74) is -0.587. The van der Waals surface area contributed by atoms with E-state index in [2.05, 4.69) is 10.2 Å². The lowest BCUT2D eigenvalue weighted by Crippen LogP contribution is -2.47. The lowest BCUT2D eigenvalue weighted by atomic mass is 10.1. The Hall–Kier alpha value is -1.10. The van der Waals surface area contributed by atoms with Crippen molar-refractivity contribution >= 4 is 27.1 Å². The molecule has 1 saturated heterocycles. The van der Waals surface area contributed by atoms with E-state index >= 15 is 0 Å². The fourth-order valence-corrected chi connectivity index (χ4v) is 5.23. The summed E-state index contributed by atoms with van der Waals surface area (Å²) >= 11 is 1.03. The van der Waals surface area contributed by atoms with Crippen LogP contribution in [0.25, 0.3) is 0 Å². The van der Waals surface area contributed by atoms with Gasteiger partial charge in [-0.2, -0.15) is 0 Å². The average molecular weight is 407 g/mol. The number of hydrogen-bond acceptors (Lipinski definition) is 9. The second kappa shape index (κ2) is 7.49. The third kappa shape index (κ3) is 6.26. The minimum atomic E-state index is -3.62. The standard InChI is InChI=1S/C16H26N2O6S2/c1-10-17-18-14(25-10)26(20,21)9-12-7-11(22-16(5,6)23-12)8-13(19)24-15(2,3)4/h11-12H,7-9H2,1-6H3/t11-,12-/m1/s1. The predicted molar refractivity (Wildman–Crippen MR) is 95.6 cm³/mol. The maximum absolute atomic E-state index is 12.5. The van der Waals surface area contributed by atoms with E-state index in [0.717, 1.165) is 11.3 Å². The summed E-state index contributed by atoms with van der Waals surface area (Å²) in [6.45, 7) is 10.5. The number of esters is 1. The zero-order valence-corrected chi connectivity index (χ0v) is 17.6. The molecule has 0 unspecified atom stereocenters. The monoisotopic (exact) mass is 406 g/mol. The Kier molecular flexibility index (Phi) is 6.11. The molecule has 8 nitrogen and oxygen atoms in total. The highest BCUT2D eigenvalue weighted by molar-refractivity contribution is 7.93. The van der Waals surface area contributed by atoms with E-state index in [9.17, 15) is 13.2 Å². The summed E-state index contributed by atoms with van der Waals surface area (Å²) in [5.74, 6) is -1.62. The first-order valence-electron chi connectivity index (χ1n) is 8.36. The quantitative estimate of drug-likeness (QED) is 0.686. The Morgan fingerprint density at radius 2 is 1.88 bits per heavy atom. The van der Waals surface area contributed by atoms with Gasteiger partial charge >= 0.3 is 5.97 Å². The molecule has 0 bridgehead atoms. The molecule has 0 radical (unpaired) electrons. The smallest absolute Gasteiger partial charge is 0.308 e. The number of ether oxygens (including phenoxy) is 3. The first-order valence-corrected chi connectivity index (χ1v) is 10.8. The van der Waals surface area contributed by atoms with Gasteiger partial charge in [-0.25, -0.2) is 8.42 Å². The molecular weight excluding hydrogens is 380 g/mol. The lowest BCUT2D eigenvalue weighted by Gasteiger charge is -2.40. The molecule has 1 aliphatic rings. The highest BCUT2D eigenvalue weighted by Crippen LogP contribution is 2.31.